The van der Waals surface area contributed by atoms with Crippen molar-refractivity contribution in [1.82, 2.24) is 5.32 Å². The molecule has 0 saturated carbocycles. The quantitative estimate of drug-likeness (QED) is 0.281. The van der Waals surface area contributed by atoms with Gasteiger partial charge in [0.2, 0.25) is 0 Å². The van der Waals surface area contributed by atoms with Crippen molar-refractivity contribution in [3.05, 3.63) is 77.4 Å². The van der Waals surface area contributed by atoms with Crippen molar-refractivity contribution >= 4 is 11.9 Å². The average Bonchev–Trinajstić information content (AvgIpc) is 3.28. The number of methoxy groups -OCH3 is 1. The molecule has 1 amide bonds. The molecule has 0 spiro atoms. The number of benzene rings is 2. The van der Waals surface area contributed by atoms with E-state index in [1.165, 1.54) is 24.8 Å². The van der Waals surface area contributed by atoms with E-state index in [0.717, 1.165) is 12.0 Å². The van der Waals surface area contributed by atoms with Crippen LogP contribution in [0.1, 0.15) is 66.9 Å². The monoisotopic (exact) mass is 449 g/mol. The van der Waals surface area contributed by atoms with Crippen LogP contribution in [-0.4, -0.2) is 31.6 Å². The number of unbranched alkanes of at least 4 members (excludes halogenated alkanes) is 2. The van der Waals surface area contributed by atoms with Gasteiger partial charge in [-0.3, -0.25) is 9.59 Å². The molecule has 5 heteroatoms. The third kappa shape index (κ3) is 6.70. The summed E-state index contributed by atoms with van der Waals surface area (Å²) in [5.74, 6) is -0.166. The summed E-state index contributed by atoms with van der Waals surface area (Å²) < 4.78 is 10.7. The summed E-state index contributed by atoms with van der Waals surface area (Å²) in [4.78, 5) is 25.6. The second-order valence-corrected chi connectivity index (χ2v) is 8.52. The minimum atomic E-state index is -0.444. The number of carbonyl (C=O) groups excluding carboxylic acids is 2. The second kappa shape index (κ2) is 12.2. The first-order valence-corrected chi connectivity index (χ1v) is 11.9. The van der Waals surface area contributed by atoms with Crippen molar-refractivity contribution in [2.24, 2.45) is 5.92 Å². The van der Waals surface area contributed by atoms with Crippen LogP contribution < -0.4 is 10.1 Å². The fraction of sp³-hybridized carbons (Fsp3) is 0.429. The highest BCUT2D eigenvalue weighted by Crippen LogP contribution is 2.35. The highest BCUT2D eigenvalue weighted by atomic mass is 16.5. The van der Waals surface area contributed by atoms with Crippen molar-refractivity contribution in [3.63, 3.8) is 0 Å². The standard InChI is InChI=1S/C28H35NO4/c1-4-6-7-9-20-12-14-21(15-13-20)27(30)29-24-17-16-23(18-24)26(28(31)33-5-2)22-10-8-11-25(19-22)32-3/h8,10-17,19,23-24,26H,4-7,9,18H2,1-3H3,(H,29,30). The van der Waals surface area contributed by atoms with Gasteiger partial charge >= 0.3 is 5.97 Å². The molecule has 0 heterocycles. The lowest BCUT2D eigenvalue weighted by Crippen LogP contribution is -2.33. The number of carbonyl (C=O) groups is 2. The largest absolute Gasteiger partial charge is 0.497 e. The molecule has 3 rings (SSSR count). The molecular weight excluding hydrogens is 414 g/mol. The van der Waals surface area contributed by atoms with Crippen LogP contribution in [0.5, 0.6) is 5.75 Å². The van der Waals surface area contributed by atoms with E-state index in [9.17, 15) is 9.59 Å². The van der Waals surface area contributed by atoms with E-state index in [0.29, 0.717) is 24.3 Å². The minimum Gasteiger partial charge on any atom is -0.497 e. The number of hydrogen-bond acceptors (Lipinski definition) is 4. The maximum Gasteiger partial charge on any atom is 0.314 e. The van der Waals surface area contributed by atoms with Crippen molar-refractivity contribution in [3.8, 4) is 5.75 Å². The van der Waals surface area contributed by atoms with Crippen LogP contribution in [0, 0.1) is 5.92 Å². The van der Waals surface area contributed by atoms with Gasteiger partial charge in [0.1, 0.15) is 5.75 Å². The fourth-order valence-corrected chi connectivity index (χ4v) is 4.36. The normalized spacial score (nSPS) is 18.0. The molecule has 0 aromatic heterocycles. The van der Waals surface area contributed by atoms with Gasteiger partial charge in [-0.2, -0.15) is 0 Å². The van der Waals surface area contributed by atoms with Gasteiger partial charge in [-0.15, -0.1) is 0 Å². The molecule has 5 nitrogen and oxygen atoms in total. The zero-order valence-electron chi connectivity index (χ0n) is 19.9. The Balaban J connectivity index is 1.64. The van der Waals surface area contributed by atoms with Crippen LogP contribution in [0.25, 0.3) is 0 Å². The Labute approximate surface area is 197 Å². The molecule has 2 aromatic carbocycles. The summed E-state index contributed by atoms with van der Waals surface area (Å²) in [5, 5.41) is 3.09. The highest BCUT2D eigenvalue weighted by Gasteiger charge is 2.34. The van der Waals surface area contributed by atoms with Gasteiger partial charge in [0.05, 0.1) is 19.6 Å². The number of rotatable bonds is 11. The van der Waals surface area contributed by atoms with Gasteiger partial charge in [0, 0.05) is 11.6 Å². The molecule has 1 aliphatic carbocycles. The molecule has 1 aliphatic rings. The predicted molar refractivity (Wildman–Crippen MR) is 131 cm³/mol. The minimum absolute atomic E-state index is 0.0672. The summed E-state index contributed by atoms with van der Waals surface area (Å²) in [7, 11) is 1.61. The molecule has 3 unspecified atom stereocenters. The summed E-state index contributed by atoms with van der Waals surface area (Å²) in [6, 6.07) is 15.3. The van der Waals surface area contributed by atoms with E-state index in [1.54, 1.807) is 7.11 Å². The Hall–Kier alpha value is -3.08. The molecule has 0 radical (unpaired) electrons. The number of amides is 1. The Kier molecular flexibility index (Phi) is 9.11. The summed E-state index contributed by atoms with van der Waals surface area (Å²) in [6.07, 6.45) is 9.27. The summed E-state index contributed by atoms with van der Waals surface area (Å²) in [5.41, 5.74) is 2.77. The number of aryl methyl sites for hydroxylation is 1. The lowest BCUT2D eigenvalue weighted by Gasteiger charge is -2.23. The van der Waals surface area contributed by atoms with Crippen LogP contribution in [-0.2, 0) is 16.0 Å². The predicted octanol–water partition coefficient (Wildman–Crippen LogP) is 5.45. The molecule has 0 bridgehead atoms. The number of hydrogen-bond donors (Lipinski definition) is 1. The Morgan fingerprint density at radius 2 is 1.85 bits per heavy atom. The summed E-state index contributed by atoms with van der Waals surface area (Å²) >= 11 is 0. The van der Waals surface area contributed by atoms with E-state index in [-0.39, 0.29) is 23.8 Å². The summed E-state index contributed by atoms with van der Waals surface area (Å²) in [6.45, 7) is 4.33. The van der Waals surface area contributed by atoms with Crippen molar-refractivity contribution in [2.45, 2.75) is 57.9 Å². The number of allylic oxidation sites excluding steroid dienone is 1. The van der Waals surface area contributed by atoms with E-state index in [2.05, 4.69) is 12.2 Å². The zero-order chi connectivity index (χ0) is 23.6. The second-order valence-electron chi connectivity index (χ2n) is 8.52. The lowest BCUT2D eigenvalue weighted by molar-refractivity contribution is -0.146. The Morgan fingerprint density at radius 1 is 1.06 bits per heavy atom. The van der Waals surface area contributed by atoms with Gasteiger partial charge in [-0.05, 0) is 67.5 Å². The molecule has 3 atom stereocenters. The smallest absolute Gasteiger partial charge is 0.314 e. The van der Waals surface area contributed by atoms with Crippen LogP contribution in [0.3, 0.4) is 0 Å². The number of ether oxygens (including phenoxy) is 2. The van der Waals surface area contributed by atoms with Gasteiger partial charge in [-0.1, -0.05) is 56.2 Å². The van der Waals surface area contributed by atoms with Crippen LogP contribution in [0.2, 0.25) is 0 Å². The molecule has 1 N–H and O–H groups in total. The third-order valence-electron chi connectivity index (χ3n) is 6.14. The Bertz CT molecular complexity index is 951. The first-order chi connectivity index (χ1) is 16.0. The van der Waals surface area contributed by atoms with Gasteiger partial charge in [0.25, 0.3) is 5.91 Å². The first kappa shape index (κ1) is 24.6. The topological polar surface area (TPSA) is 64.6 Å². The van der Waals surface area contributed by atoms with Gasteiger partial charge in [-0.25, -0.2) is 0 Å². The first-order valence-electron chi connectivity index (χ1n) is 11.9. The molecule has 2 aromatic rings. The SMILES string of the molecule is CCCCCc1ccc(C(=O)NC2C=CC(C(C(=O)OCC)c3cccc(OC)c3)C2)cc1. The molecule has 33 heavy (non-hydrogen) atoms. The van der Waals surface area contributed by atoms with Gasteiger partial charge in [0.15, 0.2) is 0 Å². The van der Waals surface area contributed by atoms with Gasteiger partial charge < -0.3 is 14.8 Å². The number of esters is 1. The molecule has 176 valence electrons. The fourth-order valence-electron chi connectivity index (χ4n) is 4.36. The lowest BCUT2D eigenvalue weighted by atomic mass is 9.85. The maximum absolute atomic E-state index is 12.8. The van der Waals surface area contributed by atoms with E-state index in [1.807, 2.05) is 67.6 Å². The van der Waals surface area contributed by atoms with E-state index in [4.69, 9.17) is 9.47 Å². The number of nitrogens with one attached hydrogen (secondary N) is 1. The van der Waals surface area contributed by atoms with Crippen molar-refractivity contribution in [1.29, 1.82) is 0 Å². The highest BCUT2D eigenvalue weighted by molar-refractivity contribution is 5.94. The van der Waals surface area contributed by atoms with Crippen molar-refractivity contribution < 1.29 is 19.1 Å². The van der Waals surface area contributed by atoms with E-state index < -0.39 is 5.92 Å². The molecule has 0 saturated heterocycles. The molecule has 0 fully saturated rings. The average molecular weight is 450 g/mol. The maximum atomic E-state index is 12.8. The molecule has 0 aliphatic heterocycles. The third-order valence-corrected chi connectivity index (χ3v) is 6.14. The van der Waals surface area contributed by atoms with Crippen LogP contribution in [0.4, 0.5) is 0 Å². The van der Waals surface area contributed by atoms with Crippen molar-refractivity contribution in [2.75, 3.05) is 13.7 Å². The molecular formula is C28H35NO4. The van der Waals surface area contributed by atoms with E-state index >= 15 is 0 Å². The Morgan fingerprint density at radius 3 is 2.55 bits per heavy atom. The zero-order valence-corrected chi connectivity index (χ0v) is 19.9. The van der Waals surface area contributed by atoms with Crippen LogP contribution >= 0.6 is 0 Å². The van der Waals surface area contributed by atoms with Crippen LogP contribution in [0.15, 0.2) is 60.7 Å².